The number of rotatable bonds is 8. The molecule has 0 spiro atoms. The third-order valence-corrected chi connectivity index (χ3v) is 5.55. The Morgan fingerprint density at radius 2 is 1.74 bits per heavy atom. The molecule has 0 radical (unpaired) electrons. The summed E-state index contributed by atoms with van der Waals surface area (Å²) < 4.78 is 38.4. The van der Waals surface area contributed by atoms with Gasteiger partial charge in [0, 0.05) is 12.6 Å². The molecule has 0 unspecified atom stereocenters. The van der Waals surface area contributed by atoms with Crippen LogP contribution in [-0.4, -0.2) is 35.1 Å². The molecular formula is C19H24N2O5S. The van der Waals surface area contributed by atoms with E-state index in [1.165, 1.54) is 25.3 Å². The summed E-state index contributed by atoms with van der Waals surface area (Å²) >= 11 is 0. The van der Waals surface area contributed by atoms with Crippen LogP contribution in [0, 0.1) is 0 Å². The smallest absolute Gasteiger partial charge is 0.255 e. The number of sulfonamides is 1. The number of nitrogens with one attached hydrogen (secondary N) is 2. The summed E-state index contributed by atoms with van der Waals surface area (Å²) in [5.74, 6) is 0.605. The molecule has 27 heavy (non-hydrogen) atoms. The first kappa shape index (κ1) is 20.7. The van der Waals surface area contributed by atoms with Crippen LogP contribution in [0.1, 0.15) is 35.8 Å². The monoisotopic (exact) mass is 392 g/mol. The van der Waals surface area contributed by atoms with Crippen LogP contribution in [0.3, 0.4) is 0 Å². The average molecular weight is 392 g/mol. The third-order valence-electron chi connectivity index (χ3n) is 4.01. The van der Waals surface area contributed by atoms with Crippen molar-refractivity contribution in [2.75, 3.05) is 20.8 Å². The molecule has 0 saturated heterocycles. The van der Waals surface area contributed by atoms with Gasteiger partial charge in [0.1, 0.15) is 11.5 Å². The fourth-order valence-corrected chi connectivity index (χ4v) is 3.81. The molecule has 0 fully saturated rings. The van der Waals surface area contributed by atoms with Crippen LogP contribution < -0.4 is 19.5 Å². The van der Waals surface area contributed by atoms with Gasteiger partial charge < -0.3 is 14.8 Å². The molecule has 0 bridgehead atoms. The molecule has 0 saturated carbocycles. The SMILES string of the molecule is CCNC(=O)c1cc(S(=O)(=O)N[C@H](C)c2ccc(OC)cc2)ccc1OC. The lowest BCUT2D eigenvalue weighted by Crippen LogP contribution is -2.28. The molecule has 2 rings (SSSR count). The molecule has 1 atom stereocenters. The molecule has 146 valence electrons. The van der Waals surface area contributed by atoms with E-state index in [1.807, 2.05) is 0 Å². The van der Waals surface area contributed by atoms with E-state index < -0.39 is 22.0 Å². The minimum absolute atomic E-state index is 0.00934. The number of hydrogen-bond donors (Lipinski definition) is 2. The molecule has 7 nitrogen and oxygen atoms in total. The van der Waals surface area contributed by atoms with Crippen molar-refractivity contribution in [3.8, 4) is 11.5 Å². The number of ether oxygens (including phenoxy) is 2. The van der Waals surface area contributed by atoms with Gasteiger partial charge in [-0.25, -0.2) is 13.1 Å². The molecule has 2 N–H and O–H groups in total. The van der Waals surface area contributed by atoms with Gasteiger partial charge in [-0.1, -0.05) is 12.1 Å². The summed E-state index contributed by atoms with van der Waals surface area (Å²) in [6.45, 7) is 3.95. The van der Waals surface area contributed by atoms with Crippen molar-refractivity contribution in [3.63, 3.8) is 0 Å². The molecule has 0 aliphatic rings. The predicted molar refractivity (Wildman–Crippen MR) is 103 cm³/mol. The van der Waals surface area contributed by atoms with Gasteiger partial charge in [0.15, 0.2) is 0 Å². The van der Waals surface area contributed by atoms with E-state index in [1.54, 1.807) is 45.2 Å². The lowest BCUT2D eigenvalue weighted by Gasteiger charge is -2.16. The summed E-state index contributed by atoms with van der Waals surface area (Å²) in [4.78, 5) is 12.2. The first-order valence-corrected chi connectivity index (χ1v) is 9.93. The molecule has 0 heterocycles. The first-order valence-electron chi connectivity index (χ1n) is 8.45. The van der Waals surface area contributed by atoms with Gasteiger partial charge in [0.2, 0.25) is 10.0 Å². The minimum atomic E-state index is -3.84. The van der Waals surface area contributed by atoms with Crippen LogP contribution in [0.25, 0.3) is 0 Å². The third kappa shape index (κ3) is 4.99. The maximum absolute atomic E-state index is 12.8. The molecular weight excluding hydrogens is 368 g/mol. The first-order chi connectivity index (χ1) is 12.8. The Bertz CT molecular complexity index is 895. The lowest BCUT2D eigenvalue weighted by atomic mass is 10.1. The van der Waals surface area contributed by atoms with Gasteiger partial charge in [-0.05, 0) is 49.7 Å². The Balaban J connectivity index is 2.29. The maximum atomic E-state index is 12.8. The molecule has 0 aromatic heterocycles. The standard InChI is InChI=1S/C19H24N2O5S/c1-5-20-19(22)17-12-16(10-11-18(17)26-4)27(23,24)21-13(2)14-6-8-15(25-3)9-7-14/h6-13,21H,5H2,1-4H3,(H,20,22)/t13-/m1/s1. The van der Waals surface area contributed by atoms with Crippen LogP contribution >= 0.6 is 0 Å². The Morgan fingerprint density at radius 1 is 1.07 bits per heavy atom. The summed E-state index contributed by atoms with van der Waals surface area (Å²) in [6, 6.07) is 10.8. The van der Waals surface area contributed by atoms with E-state index in [9.17, 15) is 13.2 Å². The Kier molecular flexibility index (Phi) is 6.81. The molecule has 1 amide bonds. The molecule has 8 heteroatoms. The maximum Gasteiger partial charge on any atom is 0.255 e. The summed E-state index contributed by atoms with van der Waals surface area (Å²) in [7, 11) is -0.843. The number of carbonyl (C=O) groups excluding carboxylic acids is 1. The highest BCUT2D eigenvalue weighted by Gasteiger charge is 2.22. The molecule has 0 aliphatic heterocycles. The van der Waals surface area contributed by atoms with Gasteiger partial charge >= 0.3 is 0 Å². The normalized spacial score (nSPS) is 12.3. The fraction of sp³-hybridized carbons (Fsp3) is 0.316. The lowest BCUT2D eigenvalue weighted by molar-refractivity contribution is 0.0952. The minimum Gasteiger partial charge on any atom is -0.497 e. The van der Waals surface area contributed by atoms with Crippen molar-refractivity contribution in [2.24, 2.45) is 0 Å². The number of benzene rings is 2. The van der Waals surface area contributed by atoms with Gasteiger partial charge in [-0.2, -0.15) is 0 Å². The van der Waals surface area contributed by atoms with Crippen LogP contribution in [0.2, 0.25) is 0 Å². The van der Waals surface area contributed by atoms with E-state index in [0.717, 1.165) is 5.56 Å². The van der Waals surface area contributed by atoms with Crippen LogP contribution in [-0.2, 0) is 10.0 Å². The summed E-state index contributed by atoms with van der Waals surface area (Å²) in [5, 5.41) is 2.65. The van der Waals surface area contributed by atoms with Crippen molar-refractivity contribution < 1.29 is 22.7 Å². The van der Waals surface area contributed by atoms with Gasteiger partial charge in [0.05, 0.1) is 24.7 Å². The van der Waals surface area contributed by atoms with Crippen LogP contribution in [0.5, 0.6) is 11.5 Å². The van der Waals surface area contributed by atoms with Gasteiger partial charge in [0.25, 0.3) is 5.91 Å². The fourth-order valence-electron chi connectivity index (χ4n) is 2.55. The number of methoxy groups -OCH3 is 2. The second-order valence-corrected chi connectivity index (χ2v) is 7.55. The Labute approximate surface area is 159 Å². The number of hydrogen-bond acceptors (Lipinski definition) is 5. The van der Waals surface area contributed by atoms with E-state index >= 15 is 0 Å². The molecule has 0 aliphatic carbocycles. The zero-order chi connectivity index (χ0) is 20.0. The van der Waals surface area contributed by atoms with Crippen molar-refractivity contribution >= 4 is 15.9 Å². The molecule has 2 aromatic carbocycles. The quantitative estimate of drug-likeness (QED) is 0.720. The average Bonchev–Trinajstić information content (AvgIpc) is 2.67. The van der Waals surface area contributed by atoms with Crippen molar-refractivity contribution in [1.82, 2.24) is 10.0 Å². The van der Waals surface area contributed by atoms with Crippen molar-refractivity contribution in [3.05, 3.63) is 53.6 Å². The van der Waals surface area contributed by atoms with Crippen LogP contribution in [0.15, 0.2) is 47.4 Å². The van der Waals surface area contributed by atoms with E-state index in [2.05, 4.69) is 10.0 Å². The molecule has 2 aromatic rings. The summed E-state index contributed by atoms with van der Waals surface area (Å²) in [6.07, 6.45) is 0. The highest BCUT2D eigenvalue weighted by molar-refractivity contribution is 7.89. The second-order valence-electron chi connectivity index (χ2n) is 5.84. The van der Waals surface area contributed by atoms with Crippen molar-refractivity contribution in [2.45, 2.75) is 24.8 Å². The number of amides is 1. The Morgan fingerprint density at radius 3 is 2.30 bits per heavy atom. The zero-order valence-corrected chi connectivity index (χ0v) is 16.6. The summed E-state index contributed by atoms with van der Waals surface area (Å²) in [5.41, 5.74) is 0.955. The zero-order valence-electron chi connectivity index (χ0n) is 15.8. The van der Waals surface area contributed by atoms with Gasteiger partial charge in [-0.3, -0.25) is 4.79 Å². The van der Waals surface area contributed by atoms with E-state index in [-0.39, 0.29) is 10.5 Å². The van der Waals surface area contributed by atoms with Gasteiger partial charge in [-0.15, -0.1) is 0 Å². The second kappa shape index (κ2) is 8.88. The van der Waals surface area contributed by atoms with Crippen molar-refractivity contribution in [1.29, 1.82) is 0 Å². The number of carbonyl (C=O) groups is 1. The predicted octanol–water partition coefficient (Wildman–Crippen LogP) is 2.49. The highest BCUT2D eigenvalue weighted by Crippen LogP contribution is 2.24. The van der Waals surface area contributed by atoms with E-state index in [0.29, 0.717) is 18.0 Å². The topological polar surface area (TPSA) is 93.7 Å². The highest BCUT2D eigenvalue weighted by atomic mass is 32.2. The van der Waals surface area contributed by atoms with E-state index in [4.69, 9.17) is 9.47 Å². The van der Waals surface area contributed by atoms with Crippen LogP contribution in [0.4, 0.5) is 0 Å². The largest absolute Gasteiger partial charge is 0.497 e. The Hall–Kier alpha value is -2.58.